The largest absolute Gasteiger partial charge is 0.461 e. The molecule has 3 rings (SSSR count). The number of aromatic nitrogens is 2. The Bertz CT molecular complexity index is 478. The maximum absolute atomic E-state index is 5.34. The number of likely N-dealkylation sites (N-methyl/N-ethyl adjacent to an activating group) is 1. The van der Waals surface area contributed by atoms with Crippen molar-refractivity contribution >= 4 is 0 Å². The quantitative estimate of drug-likeness (QED) is 0.880. The van der Waals surface area contributed by atoms with Crippen LogP contribution in [0.3, 0.4) is 0 Å². The summed E-state index contributed by atoms with van der Waals surface area (Å²) in [5, 5.41) is 7.27. The average molecular weight is 233 g/mol. The summed E-state index contributed by atoms with van der Waals surface area (Å²) >= 11 is 0. The Morgan fingerprint density at radius 3 is 3.12 bits per heavy atom. The van der Waals surface area contributed by atoms with Gasteiger partial charge in [0.15, 0.2) is 5.76 Å². The summed E-state index contributed by atoms with van der Waals surface area (Å²) in [6, 6.07) is 4.09. The highest BCUT2D eigenvalue weighted by Gasteiger charge is 2.32. The van der Waals surface area contributed by atoms with Gasteiger partial charge in [0.05, 0.1) is 12.2 Å². The van der Waals surface area contributed by atoms with Gasteiger partial charge in [0.1, 0.15) is 0 Å². The zero-order valence-electron chi connectivity index (χ0n) is 9.72. The summed E-state index contributed by atoms with van der Waals surface area (Å²) in [6.45, 7) is 0. The molecule has 0 amide bonds. The zero-order chi connectivity index (χ0) is 11.7. The highest BCUT2D eigenvalue weighted by Crippen LogP contribution is 2.34. The van der Waals surface area contributed by atoms with E-state index in [0.29, 0.717) is 29.4 Å². The van der Waals surface area contributed by atoms with Crippen molar-refractivity contribution in [3.8, 4) is 11.6 Å². The molecule has 2 heterocycles. The van der Waals surface area contributed by atoms with E-state index in [9.17, 15) is 0 Å². The lowest BCUT2D eigenvalue weighted by Crippen LogP contribution is -2.27. The van der Waals surface area contributed by atoms with Crippen LogP contribution in [-0.4, -0.2) is 23.2 Å². The van der Waals surface area contributed by atoms with Gasteiger partial charge in [-0.15, -0.1) is 0 Å². The molecule has 1 saturated carbocycles. The van der Waals surface area contributed by atoms with Gasteiger partial charge < -0.3 is 14.3 Å². The SMILES string of the molecule is CN[C@H]1CCC[C@@H]1c1nc(-c2ccco2)no1. The number of nitrogens with one attached hydrogen (secondary N) is 1. The highest BCUT2D eigenvalue weighted by atomic mass is 16.5. The van der Waals surface area contributed by atoms with E-state index in [1.165, 1.54) is 12.8 Å². The van der Waals surface area contributed by atoms with Crippen LogP contribution in [-0.2, 0) is 0 Å². The number of hydrogen-bond acceptors (Lipinski definition) is 5. The molecule has 1 fully saturated rings. The lowest BCUT2D eigenvalue weighted by molar-refractivity contribution is 0.335. The minimum atomic E-state index is 0.330. The second-order valence-electron chi connectivity index (χ2n) is 4.37. The minimum absolute atomic E-state index is 0.330. The van der Waals surface area contributed by atoms with Gasteiger partial charge in [0.25, 0.3) is 0 Å². The van der Waals surface area contributed by atoms with E-state index in [1.54, 1.807) is 6.26 Å². The normalized spacial score (nSPS) is 24.3. The second-order valence-corrected chi connectivity index (χ2v) is 4.37. The molecule has 0 radical (unpaired) electrons. The van der Waals surface area contributed by atoms with Crippen molar-refractivity contribution in [2.45, 2.75) is 31.2 Å². The Morgan fingerprint density at radius 2 is 2.35 bits per heavy atom. The molecule has 0 unspecified atom stereocenters. The Kier molecular flexibility index (Phi) is 2.68. The van der Waals surface area contributed by atoms with Crippen molar-refractivity contribution in [2.24, 2.45) is 0 Å². The molecule has 0 saturated heterocycles. The lowest BCUT2D eigenvalue weighted by atomic mass is 10.0. The monoisotopic (exact) mass is 233 g/mol. The standard InChI is InChI=1S/C12H15N3O2/c1-13-9-5-2-4-8(9)12-14-11(15-17-12)10-6-3-7-16-10/h3,6-9,13H,2,4-5H2,1H3/t8-,9-/m0/s1. The molecule has 0 aliphatic heterocycles. The molecule has 90 valence electrons. The number of furan rings is 1. The lowest BCUT2D eigenvalue weighted by Gasteiger charge is -2.14. The van der Waals surface area contributed by atoms with Crippen LogP contribution >= 0.6 is 0 Å². The molecule has 5 nitrogen and oxygen atoms in total. The van der Waals surface area contributed by atoms with Gasteiger partial charge in [-0.25, -0.2) is 0 Å². The summed E-state index contributed by atoms with van der Waals surface area (Å²) in [5.41, 5.74) is 0. The highest BCUT2D eigenvalue weighted by molar-refractivity contribution is 5.44. The molecule has 0 aromatic carbocycles. The van der Waals surface area contributed by atoms with Crippen LogP contribution < -0.4 is 5.32 Å². The summed E-state index contributed by atoms with van der Waals surface area (Å²) in [6.07, 6.45) is 5.08. The number of rotatable bonds is 3. The van der Waals surface area contributed by atoms with Crippen molar-refractivity contribution in [3.05, 3.63) is 24.3 Å². The fourth-order valence-electron chi connectivity index (χ4n) is 2.49. The Balaban J connectivity index is 1.85. The molecule has 5 heteroatoms. The molecule has 1 aliphatic rings. The first kappa shape index (κ1) is 10.5. The van der Waals surface area contributed by atoms with Crippen LogP contribution in [0.5, 0.6) is 0 Å². The third-order valence-corrected chi connectivity index (χ3v) is 3.39. The molecular weight excluding hydrogens is 218 g/mol. The van der Waals surface area contributed by atoms with Gasteiger partial charge in [-0.05, 0) is 32.0 Å². The van der Waals surface area contributed by atoms with Crippen LogP contribution in [0.1, 0.15) is 31.1 Å². The maximum atomic E-state index is 5.34. The summed E-state index contributed by atoms with van der Waals surface area (Å²) < 4.78 is 10.6. The first-order valence-corrected chi connectivity index (χ1v) is 5.93. The van der Waals surface area contributed by atoms with Gasteiger partial charge in [0.2, 0.25) is 11.7 Å². The molecular formula is C12H15N3O2. The van der Waals surface area contributed by atoms with E-state index in [4.69, 9.17) is 8.94 Å². The predicted octanol–water partition coefficient (Wildman–Crippen LogP) is 2.19. The van der Waals surface area contributed by atoms with Crippen molar-refractivity contribution in [1.29, 1.82) is 0 Å². The van der Waals surface area contributed by atoms with E-state index in [1.807, 2.05) is 19.2 Å². The van der Waals surface area contributed by atoms with Crippen LogP contribution in [0, 0.1) is 0 Å². The third kappa shape index (κ3) is 1.86. The Morgan fingerprint density at radius 1 is 1.41 bits per heavy atom. The molecule has 0 bridgehead atoms. The molecule has 0 spiro atoms. The fraction of sp³-hybridized carbons (Fsp3) is 0.500. The van der Waals surface area contributed by atoms with Gasteiger partial charge in [-0.3, -0.25) is 0 Å². The fourth-order valence-corrected chi connectivity index (χ4v) is 2.49. The molecule has 1 N–H and O–H groups in total. The van der Waals surface area contributed by atoms with E-state index in [0.717, 1.165) is 6.42 Å². The van der Waals surface area contributed by atoms with Crippen molar-refractivity contribution in [1.82, 2.24) is 15.5 Å². The maximum Gasteiger partial charge on any atom is 0.238 e. The Labute approximate surface area is 99.2 Å². The second kappa shape index (κ2) is 4.33. The number of nitrogens with zero attached hydrogens (tertiary/aromatic N) is 2. The topological polar surface area (TPSA) is 64.1 Å². The molecule has 2 aromatic rings. The van der Waals surface area contributed by atoms with Crippen LogP contribution in [0.2, 0.25) is 0 Å². The summed E-state index contributed by atoms with van der Waals surface area (Å²) in [7, 11) is 1.98. The first-order valence-electron chi connectivity index (χ1n) is 5.93. The van der Waals surface area contributed by atoms with Gasteiger partial charge in [-0.2, -0.15) is 4.98 Å². The zero-order valence-corrected chi connectivity index (χ0v) is 9.72. The van der Waals surface area contributed by atoms with E-state index in [2.05, 4.69) is 15.5 Å². The van der Waals surface area contributed by atoms with Crippen LogP contribution in [0.4, 0.5) is 0 Å². The Hall–Kier alpha value is -1.62. The van der Waals surface area contributed by atoms with Crippen LogP contribution in [0.15, 0.2) is 27.3 Å². The van der Waals surface area contributed by atoms with Gasteiger partial charge in [-0.1, -0.05) is 11.6 Å². The van der Waals surface area contributed by atoms with Gasteiger partial charge >= 0.3 is 0 Å². The number of hydrogen-bond donors (Lipinski definition) is 1. The average Bonchev–Trinajstić information content (AvgIpc) is 3.09. The summed E-state index contributed by atoms with van der Waals surface area (Å²) in [4.78, 5) is 4.42. The molecule has 1 aliphatic carbocycles. The van der Waals surface area contributed by atoms with Gasteiger partial charge in [0, 0.05) is 6.04 Å². The summed E-state index contributed by atoms with van der Waals surface area (Å²) in [5.74, 6) is 2.23. The first-order chi connectivity index (χ1) is 8.38. The van der Waals surface area contributed by atoms with Crippen molar-refractivity contribution < 1.29 is 8.94 Å². The predicted molar refractivity (Wildman–Crippen MR) is 61.4 cm³/mol. The van der Waals surface area contributed by atoms with E-state index < -0.39 is 0 Å². The van der Waals surface area contributed by atoms with Crippen molar-refractivity contribution in [2.75, 3.05) is 7.05 Å². The van der Waals surface area contributed by atoms with E-state index in [-0.39, 0.29) is 0 Å². The van der Waals surface area contributed by atoms with E-state index >= 15 is 0 Å². The molecule has 2 aromatic heterocycles. The van der Waals surface area contributed by atoms with Crippen LogP contribution in [0.25, 0.3) is 11.6 Å². The third-order valence-electron chi connectivity index (χ3n) is 3.39. The molecule has 17 heavy (non-hydrogen) atoms. The molecule has 2 atom stereocenters. The van der Waals surface area contributed by atoms with Crippen molar-refractivity contribution in [3.63, 3.8) is 0 Å². The minimum Gasteiger partial charge on any atom is -0.461 e. The smallest absolute Gasteiger partial charge is 0.238 e.